The standard InChI is InChI=1S/C18H24ClN3O3/c1-12-5-3-4-8-22(12)14-10-21(11-14)18(24)20-13-6-7-16(19)15(9-13)17(23)25-2/h6-7,9,12,14H,3-5,8,10-11H2,1-2H3,(H,20,24)/t12-/m1/s1. The molecule has 0 spiro atoms. The molecule has 0 aromatic heterocycles. The number of nitrogens with zero attached hydrogens (tertiary/aromatic N) is 2. The van der Waals surface area contributed by atoms with Crippen LogP contribution in [0.3, 0.4) is 0 Å². The lowest BCUT2D eigenvalue weighted by molar-refractivity contribution is 0.0199. The van der Waals surface area contributed by atoms with Crippen LogP contribution < -0.4 is 5.32 Å². The summed E-state index contributed by atoms with van der Waals surface area (Å²) in [6.45, 7) is 4.88. The summed E-state index contributed by atoms with van der Waals surface area (Å²) in [7, 11) is 1.30. The third-order valence-corrected chi connectivity index (χ3v) is 5.43. The molecule has 1 aromatic carbocycles. The van der Waals surface area contributed by atoms with Crippen LogP contribution in [0.25, 0.3) is 0 Å². The Hall–Kier alpha value is -1.79. The van der Waals surface area contributed by atoms with Gasteiger partial charge in [-0.3, -0.25) is 4.90 Å². The maximum atomic E-state index is 12.4. The summed E-state index contributed by atoms with van der Waals surface area (Å²) in [5.41, 5.74) is 0.773. The number of rotatable bonds is 3. The molecular formula is C18H24ClN3O3. The van der Waals surface area contributed by atoms with Gasteiger partial charge in [-0.25, -0.2) is 9.59 Å². The predicted octanol–water partition coefficient (Wildman–Crippen LogP) is 3.22. The average Bonchev–Trinajstić information content (AvgIpc) is 2.56. The smallest absolute Gasteiger partial charge is 0.339 e. The van der Waals surface area contributed by atoms with Crippen molar-refractivity contribution in [2.45, 2.75) is 38.3 Å². The van der Waals surface area contributed by atoms with Crippen LogP contribution in [0, 0.1) is 0 Å². The molecule has 3 rings (SSSR count). The minimum atomic E-state index is -0.524. The van der Waals surface area contributed by atoms with Gasteiger partial charge in [0.15, 0.2) is 0 Å². The number of nitrogens with one attached hydrogen (secondary N) is 1. The topological polar surface area (TPSA) is 61.9 Å². The lowest BCUT2D eigenvalue weighted by Crippen LogP contribution is -2.64. The van der Waals surface area contributed by atoms with Crippen LogP contribution in [0.4, 0.5) is 10.5 Å². The largest absolute Gasteiger partial charge is 0.465 e. The number of carbonyl (C=O) groups excluding carboxylic acids is 2. The van der Waals surface area contributed by atoms with Crippen LogP contribution in [0.15, 0.2) is 18.2 Å². The highest BCUT2D eigenvalue weighted by atomic mass is 35.5. The molecule has 1 N–H and O–H groups in total. The fourth-order valence-corrected chi connectivity index (χ4v) is 3.76. The minimum Gasteiger partial charge on any atom is -0.465 e. The van der Waals surface area contributed by atoms with Gasteiger partial charge in [-0.05, 0) is 44.5 Å². The summed E-state index contributed by atoms with van der Waals surface area (Å²) in [6.07, 6.45) is 3.78. The number of ether oxygens (including phenoxy) is 1. The van der Waals surface area contributed by atoms with Gasteiger partial charge in [0, 0.05) is 30.9 Å². The van der Waals surface area contributed by atoms with Gasteiger partial charge in [-0.2, -0.15) is 0 Å². The average molecular weight is 366 g/mol. The number of anilines is 1. The Morgan fingerprint density at radius 2 is 2.04 bits per heavy atom. The first-order chi connectivity index (χ1) is 12.0. The molecule has 0 saturated carbocycles. The third kappa shape index (κ3) is 3.90. The highest BCUT2D eigenvalue weighted by Gasteiger charge is 2.37. The normalized spacial score (nSPS) is 21.6. The SMILES string of the molecule is COC(=O)c1cc(NC(=O)N2CC(N3CCCC[C@H]3C)C2)ccc1Cl. The van der Waals surface area contributed by atoms with Gasteiger partial charge < -0.3 is 15.0 Å². The van der Waals surface area contributed by atoms with Crippen molar-refractivity contribution >= 4 is 29.3 Å². The maximum Gasteiger partial charge on any atom is 0.339 e. The number of hydrogen-bond acceptors (Lipinski definition) is 4. The van der Waals surface area contributed by atoms with E-state index in [4.69, 9.17) is 16.3 Å². The maximum absolute atomic E-state index is 12.4. The molecule has 1 atom stereocenters. The number of methoxy groups -OCH3 is 1. The van der Waals surface area contributed by atoms with Crippen molar-refractivity contribution in [1.29, 1.82) is 0 Å². The molecule has 2 amide bonds. The summed E-state index contributed by atoms with van der Waals surface area (Å²) < 4.78 is 4.70. The van der Waals surface area contributed by atoms with Crippen LogP contribution in [0.1, 0.15) is 36.5 Å². The first-order valence-electron chi connectivity index (χ1n) is 8.69. The first kappa shape index (κ1) is 18.0. The molecule has 7 heteroatoms. The van der Waals surface area contributed by atoms with E-state index < -0.39 is 5.97 Å². The van der Waals surface area contributed by atoms with Crippen LogP contribution in [0.2, 0.25) is 5.02 Å². The van der Waals surface area contributed by atoms with E-state index in [0.29, 0.717) is 22.8 Å². The zero-order valence-electron chi connectivity index (χ0n) is 14.6. The summed E-state index contributed by atoms with van der Waals surface area (Å²) in [5.74, 6) is -0.524. The molecule has 2 saturated heterocycles. The van der Waals surface area contributed by atoms with E-state index in [9.17, 15) is 9.59 Å². The Balaban J connectivity index is 1.56. The van der Waals surface area contributed by atoms with Gasteiger partial charge in [0.05, 0.1) is 17.7 Å². The molecule has 136 valence electrons. The van der Waals surface area contributed by atoms with Crippen molar-refractivity contribution in [3.05, 3.63) is 28.8 Å². The quantitative estimate of drug-likeness (QED) is 0.835. The number of benzene rings is 1. The molecule has 2 aliphatic heterocycles. The number of esters is 1. The molecule has 2 aliphatic rings. The molecule has 6 nitrogen and oxygen atoms in total. The fourth-order valence-electron chi connectivity index (χ4n) is 3.57. The summed E-state index contributed by atoms with van der Waals surface area (Å²) in [6, 6.07) is 5.70. The van der Waals surface area contributed by atoms with E-state index in [1.807, 2.05) is 0 Å². The van der Waals surface area contributed by atoms with Gasteiger partial charge >= 0.3 is 12.0 Å². The van der Waals surface area contributed by atoms with Crippen molar-refractivity contribution in [2.75, 3.05) is 32.1 Å². The van der Waals surface area contributed by atoms with E-state index in [2.05, 4.69) is 17.1 Å². The van der Waals surface area contributed by atoms with Gasteiger partial charge in [-0.15, -0.1) is 0 Å². The fraction of sp³-hybridized carbons (Fsp3) is 0.556. The number of amides is 2. The highest BCUT2D eigenvalue weighted by molar-refractivity contribution is 6.33. The second-order valence-electron chi connectivity index (χ2n) is 6.76. The molecule has 0 bridgehead atoms. The Kier molecular flexibility index (Phi) is 5.49. The second kappa shape index (κ2) is 7.62. The minimum absolute atomic E-state index is 0.154. The second-order valence-corrected chi connectivity index (χ2v) is 7.16. The molecule has 25 heavy (non-hydrogen) atoms. The number of halogens is 1. The zero-order chi connectivity index (χ0) is 18.0. The van der Waals surface area contributed by atoms with E-state index >= 15 is 0 Å². The Morgan fingerprint density at radius 3 is 2.72 bits per heavy atom. The van der Waals surface area contributed by atoms with Crippen molar-refractivity contribution in [3.63, 3.8) is 0 Å². The monoisotopic (exact) mass is 365 g/mol. The van der Waals surface area contributed by atoms with Crippen LogP contribution in [-0.4, -0.2) is 60.6 Å². The van der Waals surface area contributed by atoms with E-state index in [-0.39, 0.29) is 11.6 Å². The lowest BCUT2D eigenvalue weighted by atomic mass is 9.98. The van der Waals surface area contributed by atoms with Gasteiger partial charge in [0.1, 0.15) is 0 Å². The van der Waals surface area contributed by atoms with Crippen molar-refractivity contribution < 1.29 is 14.3 Å². The number of carbonyl (C=O) groups is 2. The zero-order valence-corrected chi connectivity index (χ0v) is 15.4. The summed E-state index contributed by atoms with van der Waals surface area (Å²) in [4.78, 5) is 28.4. The lowest BCUT2D eigenvalue weighted by Gasteiger charge is -2.49. The third-order valence-electron chi connectivity index (χ3n) is 5.10. The molecule has 0 radical (unpaired) electrons. The van der Waals surface area contributed by atoms with Crippen LogP contribution in [-0.2, 0) is 4.74 Å². The van der Waals surface area contributed by atoms with Crippen LogP contribution in [0.5, 0.6) is 0 Å². The van der Waals surface area contributed by atoms with Gasteiger partial charge in [0.25, 0.3) is 0 Å². The number of hydrogen-bond donors (Lipinski definition) is 1. The molecular weight excluding hydrogens is 342 g/mol. The highest BCUT2D eigenvalue weighted by Crippen LogP contribution is 2.26. The van der Waals surface area contributed by atoms with Crippen molar-refractivity contribution in [1.82, 2.24) is 9.80 Å². The van der Waals surface area contributed by atoms with Crippen molar-refractivity contribution in [3.8, 4) is 0 Å². The number of piperidine rings is 1. The Morgan fingerprint density at radius 1 is 1.28 bits per heavy atom. The first-order valence-corrected chi connectivity index (χ1v) is 9.07. The molecule has 1 aromatic rings. The molecule has 0 aliphatic carbocycles. The van der Waals surface area contributed by atoms with Crippen LogP contribution >= 0.6 is 11.6 Å². The van der Waals surface area contributed by atoms with Gasteiger partial charge in [0.2, 0.25) is 0 Å². The summed E-state index contributed by atoms with van der Waals surface area (Å²) >= 11 is 6.00. The number of likely N-dealkylation sites (tertiary alicyclic amines) is 2. The number of urea groups is 1. The Labute approximate surface area is 153 Å². The van der Waals surface area contributed by atoms with Gasteiger partial charge in [-0.1, -0.05) is 18.0 Å². The van der Waals surface area contributed by atoms with E-state index in [1.165, 1.54) is 32.4 Å². The molecule has 2 fully saturated rings. The molecule has 2 heterocycles. The molecule has 0 unspecified atom stereocenters. The van der Waals surface area contributed by atoms with E-state index in [0.717, 1.165) is 19.6 Å². The summed E-state index contributed by atoms with van der Waals surface area (Å²) in [5, 5.41) is 3.13. The Bertz CT molecular complexity index is 661. The van der Waals surface area contributed by atoms with Crippen molar-refractivity contribution in [2.24, 2.45) is 0 Å². The van der Waals surface area contributed by atoms with E-state index in [1.54, 1.807) is 17.0 Å². The predicted molar refractivity (Wildman–Crippen MR) is 97.2 cm³/mol.